The molecule has 2 aromatic carbocycles. The van der Waals surface area contributed by atoms with Crippen LogP contribution in [0.2, 0.25) is 0 Å². The molecule has 0 aromatic heterocycles. The van der Waals surface area contributed by atoms with Crippen molar-refractivity contribution < 1.29 is 13.2 Å². The summed E-state index contributed by atoms with van der Waals surface area (Å²) in [7, 11) is -3.51. The second-order valence-electron chi connectivity index (χ2n) is 5.06. The van der Waals surface area contributed by atoms with Gasteiger partial charge in [0.25, 0.3) is 0 Å². The molecule has 2 aromatic rings. The minimum atomic E-state index is -3.51. The predicted octanol–water partition coefficient (Wildman–Crippen LogP) is 2.58. The van der Waals surface area contributed by atoms with E-state index in [1.807, 2.05) is 43.3 Å². The summed E-state index contributed by atoms with van der Waals surface area (Å²) in [5, 5.41) is 0. The molecule has 0 atom stereocenters. The quantitative estimate of drug-likeness (QED) is 0.856. The molecule has 0 aliphatic carbocycles. The monoisotopic (exact) mass is 303 g/mol. The Labute approximate surface area is 125 Å². The van der Waals surface area contributed by atoms with E-state index < -0.39 is 10.0 Å². The third-order valence-electron chi connectivity index (χ3n) is 3.63. The predicted molar refractivity (Wildman–Crippen MR) is 80.7 cm³/mol. The number of rotatable bonds is 2. The molecule has 0 bridgehead atoms. The van der Waals surface area contributed by atoms with Gasteiger partial charge in [0.05, 0.1) is 4.90 Å². The molecule has 0 amide bonds. The van der Waals surface area contributed by atoms with E-state index >= 15 is 0 Å². The van der Waals surface area contributed by atoms with Crippen molar-refractivity contribution in [3.05, 3.63) is 59.7 Å². The Morgan fingerprint density at radius 3 is 2.57 bits per heavy atom. The highest BCUT2D eigenvalue weighted by molar-refractivity contribution is 7.89. The zero-order chi connectivity index (χ0) is 14.9. The lowest BCUT2D eigenvalue weighted by Gasteiger charge is -2.20. The van der Waals surface area contributed by atoms with Crippen LogP contribution in [0.25, 0.3) is 0 Å². The van der Waals surface area contributed by atoms with Crippen molar-refractivity contribution >= 4 is 10.0 Å². The summed E-state index contributed by atoms with van der Waals surface area (Å²) >= 11 is 0. The molecule has 4 nitrogen and oxygen atoms in total. The van der Waals surface area contributed by atoms with E-state index in [0.29, 0.717) is 24.6 Å². The van der Waals surface area contributed by atoms with Crippen LogP contribution in [0.3, 0.4) is 0 Å². The van der Waals surface area contributed by atoms with Crippen LogP contribution in [0.4, 0.5) is 0 Å². The van der Waals surface area contributed by atoms with Crippen molar-refractivity contribution in [2.24, 2.45) is 0 Å². The van der Waals surface area contributed by atoms with E-state index in [-0.39, 0.29) is 0 Å². The Kier molecular flexibility index (Phi) is 3.69. The molecule has 21 heavy (non-hydrogen) atoms. The fourth-order valence-corrected chi connectivity index (χ4v) is 4.12. The number of sulfonamides is 1. The maximum absolute atomic E-state index is 12.8. The lowest BCUT2D eigenvalue weighted by Crippen LogP contribution is -2.32. The first kappa shape index (κ1) is 14.1. The summed E-state index contributed by atoms with van der Waals surface area (Å²) < 4.78 is 32.8. The van der Waals surface area contributed by atoms with Gasteiger partial charge >= 0.3 is 0 Å². The average Bonchev–Trinajstić information content (AvgIpc) is 2.70. The second-order valence-corrected chi connectivity index (χ2v) is 6.97. The topological polar surface area (TPSA) is 46.6 Å². The molecular formula is C16H17NO3S. The lowest BCUT2D eigenvalue weighted by atomic mass is 10.2. The molecule has 0 saturated carbocycles. The largest absolute Gasteiger partial charge is 0.492 e. The van der Waals surface area contributed by atoms with Crippen molar-refractivity contribution in [2.75, 3.05) is 13.2 Å². The van der Waals surface area contributed by atoms with Crippen LogP contribution in [0.15, 0.2) is 53.4 Å². The number of hydrogen-bond donors (Lipinski definition) is 0. The van der Waals surface area contributed by atoms with Crippen molar-refractivity contribution in [3.63, 3.8) is 0 Å². The molecule has 3 rings (SSSR count). The summed E-state index contributed by atoms with van der Waals surface area (Å²) in [5.74, 6) is 0.764. The molecule has 1 aliphatic heterocycles. The zero-order valence-corrected chi connectivity index (χ0v) is 12.6. The van der Waals surface area contributed by atoms with Gasteiger partial charge in [-0.25, -0.2) is 8.42 Å². The molecule has 5 heteroatoms. The van der Waals surface area contributed by atoms with Gasteiger partial charge in [-0.15, -0.1) is 0 Å². The number of fused-ring (bicyclic) bond motifs is 1. The highest BCUT2D eigenvalue weighted by atomic mass is 32.2. The Balaban J connectivity index is 1.99. The standard InChI is InChI=1S/C16H17NO3S/c1-13-6-2-5-9-16(13)21(18,19)17-10-11-20-15-8-4-3-7-14(15)12-17/h2-9H,10-12H2,1H3. The fraction of sp³-hybridized carbons (Fsp3) is 0.250. The van der Waals surface area contributed by atoms with E-state index in [0.717, 1.165) is 16.9 Å². The number of hydrogen-bond acceptors (Lipinski definition) is 3. The molecule has 1 aliphatic rings. The third-order valence-corrected chi connectivity index (χ3v) is 5.63. The molecule has 1 heterocycles. The van der Waals surface area contributed by atoms with E-state index in [4.69, 9.17) is 4.74 Å². The van der Waals surface area contributed by atoms with Crippen molar-refractivity contribution in [2.45, 2.75) is 18.4 Å². The first-order valence-electron chi connectivity index (χ1n) is 6.85. The first-order chi connectivity index (χ1) is 10.1. The molecular weight excluding hydrogens is 286 g/mol. The molecule has 0 radical (unpaired) electrons. The maximum Gasteiger partial charge on any atom is 0.243 e. The summed E-state index contributed by atoms with van der Waals surface area (Å²) in [6.07, 6.45) is 0. The van der Waals surface area contributed by atoms with Gasteiger partial charge in [0.15, 0.2) is 0 Å². The first-order valence-corrected chi connectivity index (χ1v) is 8.29. The molecule has 0 unspecified atom stereocenters. The van der Waals surface area contributed by atoms with Crippen molar-refractivity contribution in [1.29, 1.82) is 0 Å². The average molecular weight is 303 g/mol. The SMILES string of the molecule is Cc1ccccc1S(=O)(=O)N1CCOc2ccccc2C1. The van der Waals surface area contributed by atoms with Crippen LogP contribution < -0.4 is 4.74 Å². The van der Waals surface area contributed by atoms with Crippen LogP contribution >= 0.6 is 0 Å². The molecule has 0 N–H and O–H groups in total. The van der Waals surface area contributed by atoms with Crippen LogP contribution in [0.1, 0.15) is 11.1 Å². The van der Waals surface area contributed by atoms with E-state index in [2.05, 4.69) is 0 Å². The van der Waals surface area contributed by atoms with Gasteiger partial charge in [0.1, 0.15) is 12.4 Å². The Morgan fingerprint density at radius 1 is 1.05 bits per heavy atom. The van der Waals surface area contributed by atoms with Gasteiger partial charge in [-0.3, -0.25) is 0 Å². The molecule has 0 fully saturated rings. The highest BCUT2D eigenvalue weighted by Crippen LogP contribution is 2.27. The summed E-state index contributed by atoms with van der Waals surface area (Å²) in [6, 6.07) is 14.6. The van der Waals surface area contributed by atoms with Gasteiger partial charge in [0.2, 0.25) is 10.0 Å². The number of ether oxygens (including phenoxy) is 1. The summed E-state index contributed by atoms with van der Waals surface area (Å²) in [6.45, 7) is 2.87. The van der Waals surface area contributed by atoms with E-state index in [9.17, 15) is 8.42 Å². The smallest absolute Gasteiger partial charge is 0.243 e. The molecule has 110 valence electrons. The number of benzene rings is 2. The molecule has 0 saturated heterocycles. The fourth-order valence-electron chi connectivity index (χ4n) is 2.49. The minimum absolute atomic E-state index is 0.340. The highest BCUT2D eigenvalue weighted by Gasteiger charge is 2.28. The van der Waals surface area contributed by atoms with Crippen LogP contribution in [0, 0.1) is 6.92 Å². The van der Waals surface area contributed by atoms with Gasteiger partial charge in [-0.2, -0.15) is 4.31 Å². The zero-order valence-electron chi connectivity index (χ0n) is 11.8. The van der Waals surface area contributed by atoms with Crippen molar-refractivity contribution in [1.82, 2.24) is 4.31 Å². The van der Waals surface area contributed by atoms with Crippen LogP contribution in [-0.4, -0.2) is 25.9 Å². The molecule has 0 spiro atoms. The maximum atomic E-state index is 12.8. The Morgan fingerprint density at radius 2 is 1.76 bits per heavy atom. The number of para-hydroxylation sites is 1. The van der Waals surface area contributed by atoms with Crippen LogP contribution in [0.5, 0.6) is 5.75 Å². The van der Waals surface area contributed by atoms with Gasteiger partial charge < -0.3 is 4.74 Å². The number of aryl methyl sites for hydroxylation is 1. The minimum Gasteiger partial charge on any atom is -0.492 e. The van der Waals surface area contributed by atoms with Gasteiger partial charge in [-0.1, -0.05) is 36.4 Å². The Hall–Kier alpha value is -1.85. The van der Waals surface area contributed by atoms with Gasteiger partial charge in [0, 0.05) is 18.7 Å². The third kappa shape index (κ3) is 2.66. The van der Waals surface area contributed by atoms with Crippen LogP contribution in [-0.2, 0) is 16.6 Å². The normalized spacial score (nSPS) is 15.9. The summed E-state index contributed by atoms with van der Waals surface area (Å²) in [5.41, 5.74) is 1.66. The summed E-state index contributed by atoms with van der Waals surface area (Å²) in [4.78, 5) is 0.365. The second kappa shape index (κ2) is 5.50. The van der Waals surface area contributed by atoms with Crippen molar-refractivity contribution in [3.8, 4) is 5.75 Å². The van der Waals surface area contributed by atoms with E-state index in [1.54, 1.807) is 12.1 Å². The van der Waals surface area contributed by atoms with E-state index in [1.165, 1.54) is 4.31 Å². The Bertz CT molecular complexity index is 756. The van der Waals surface area contributed by atoms with Gasteiger partial charge in [-0.05, 0) is 24.6 Å². The lowest BCUT2D eigenvalue weighted by molar-refractivity contribution is 0.293. The number of nitrogens with zero attached hydrogens (tertiary/aromatic N) is 1.